The van der Waals surface area contributed by atoms with E-state index in [9.17, 15) is 5.11 Å². The number of anilines is 1. The Balaban J connectivity index is 1.72. The standard InChI is InChI=1S/C15H25N5O3Si/c1-15(2,3)6-24-23-9-4-11(22-10(9)5-21)20-8-19-12-13(16)17-7-18-14(12)20/h7-11,21H,4-6,24H2,1-3H3,(H2,16,17,18)/t9?,10-,11-/m1/s1. The number of ether oxygens (including phenoxy) is 1. The molecule has 132 valence electrons. The van der Waals surface area contributed by atoms with E-state index in [4.69, 9.17) is 14.9 Å². The first-order valence-corrected chi connectivity index (χ1v) is 9.78. The summed E-state index contributed by atoms with van der Waals surface area (Å²) < 4.78 is 13.9. The van der Waals surface area contributed by atoms with Crippen LogP contribution in [0.15, 0.2) is 12.7 Å². The summed E-state index contributed by atoms with van der Waals surface area (Å²) in [6.07, 6.45) is 3.06. The van der Waals surface area contributed by atoms with Gasteiger partial charge in [0.2, 0.25) is 0 Å². The van der Waals surface area contributed by atoms with Crippen molar-refractivity contribution in [2.45, 2.75) is 51.7 Å². The van der Waals surface area contributed by atoms with Crippen molar-refractivity contribution in [3.05, 3.63) is 12.7 Å². The van der Waals surface area contributed by atoms with Gasteiger partial charge >= 0.3 is 0 Å². The second-order valence-electron chi connectivity index (χ2n) is 7.35. The van der Waals surface area contributed by atoms with Crippen molar-refractivity contribution >= 4 is 26.7 Å². The van der Waals surface area contributed by atoms with E-state index in [2.05, 4.69) is 35.7 Å². The van der Waals surface area contributed by atoms with Gasteiger partial charge in [-0.1, -0.05) is 20.8 Å². The summed E-state index contributed by atoms with van der Waals surface area (Å²) in [4.78, 5) is 12.5. The van der Waals surface area contributed by atoms with Gasteiger partial charge in [-0.15, -0.1) is 0 Å². The minimum Gasteiger partial charge on any atom is -0.418 e. The van der Waals surface area contributed by atoms with Gasteiger partial charge in [-0.25, -0.2) is 15.0 Å². The average molecular weight is 351 g/mol. The lowest BCUT2D eigenvalue weighted by Crippen LogP contribution is -2.29. The highest BCUT2D eigenvalue weighted by Gasteiger charge is 2.37. The molecule has 2 aromatic heterocycles. The molecule has 2 aromatic rings. The number of rotatable bonds is 5. The van der Waals surface area contributed by atoms with Crippen LogP contribution >= 0.6 is 0 Å². The van der Waals surface area contributed by atoms with Gasteiger partial charge in [-0.3, -0.25) is 4.57 Å². The molecular weight excluding hydrogens is 326 g/mol. The Morgan fingerprint density at radius 1 is 1.42 bits per heavy atom. The molecule has 24 heavy (non-hydrogen) atoms. The van der Waals surface area contributed by atoms with Gasteiger partial charge in [0.05, 0.1) is 19.0 Å². The van der Waals surface area contributed by atoms with Crippen molar-refractivity contribution in [3.63, 3.8) is 0 Å². The van der Waals surface area contributed by atoms with Crippen LogP contribution in [-0.4, -0.2) is 53.2 Å². The van der Waals surface area contributed by atoms with Crippen LogP contribution in [0.4, 0.5) is 5.82 Å². The molecule has 1 saturated heterocycles. The highest BCUT2D eigenvalue weighted by atomic mass is 28.2. The second kappa shape index (κ2) is 6.75. The van der Waals surface area contributed by atoms with Crippen LogP contribution in [0.5, 0.6) is 0 Å². The number of nitrogen functional groups attached to an aromatic ring is 1. The molecule has 3 rings (SSSR count). The minimum absolute atomic E-state index is 0.0607. The number of hydrogen-bond donors (Lipinski definition) is 2. The van der Waals surface area contributed by atoms with Crippen molar-refractivity contribution in [3.8, 4) is 0 Å². The van der Waals surface area contributed by atoms with Crippen LogP contribution in [-0.2, 0) is 9.16 Å². The van der Waals surface area contributed by atoms with Crippen molar-refractivity contribution in [2.75, 3.05) is 12.3 Å². The van der Waals surface area contributed by atoms with Crippen LogP contribution in [0, 0.1) is 5.41 Å². The predicted octanol–water partition coefficient (Wildman–Crippen LogP) is 0.622. The first-order valence-electron chi connectivity index (χ1n) is 8.20. The number of aromatic nitrogens is 4. The zero-order valence-corrected chi connectivity index (χ0v) is 15.8. The Morgan fingerprint density at radius 3 is 2.92 bits per heavy atom. The van der Waals surface area contributed by atoms with Gasteiger partial charge in [0, 0.05) is 6.42 Å². The third-order valence-corrected chi connectivity index (χ3v) is 6.61. The van der Waals surface area contributed by atoms with Crippen LogP contribution in [0.1, 0.15) is 33.4 Å². The van der Waals surface area contributed by atoms with Gasteiger partial charge in [-0.05, 0) is 11.5 Å². The molecule has 9 heteroatoms. The fourth-order valence-corrected chi connectivity index (χ4v) is 4.19. The molecule has 0 amide bonds. The van der Waals surface area contributed by atoms with E-state index >= 15 is 0 Å². The number of nitrogens with zero attached hydrogens (tertiary/aromatic N) is 4. The molecule has 1 aliphatic rings. The number of aliphatic hydroxyl groups excluding tert-OH is 1. The van der Waals surface area contributed by atoms with E-state index in [1.807, 2.05) is 4.57 Å². The second-order valence-corrected chi connectivity index (χ2v) is 8.59. The van der Waals surface area contributed by atoms with Gasteiger partial charge in [0.25, 0.3) is 0 Å². The summed E-state index contributed by atoms with van der Waals surface area (Å²) in [5.41, 5.74) is 7.30. The zero-order valence-electron chi connectivity index (χ0n) is 14.3. The quantitative estimate of drug-likeness (QED) is 0.760. The first-order chi connectivity index (χ1) is 11.4. The normalized spacial score (nSPS) is 25.2. The van der Waals surface area contributed by atoms with Gasteiger partial charge in [0.1, 0.15) is 24.2 Å². The van der Waals surface area contributed by atoms with Crippen molar-refractivity contribution < 1.29 is 14.3 Å². The van der Waals surface area contributed by atoms with Crippen LogP contribution in [0.25, 0.3) is 11.2 Å². The lowest BCUT2D eigenvalue weighted by Gasteiger charge is -2.21. The minimum atomic E-state index is -0.662. The van der Waals surface area contributed by atoms with Crippen molar-refractivity contribution in [1.82, 2.24) is 19.5 Å². The highest BCUT2D eigenvalue weighted by molar-refractivity contribution is 6.27. The summed E-state index contributed by atoms with van der Waals surface area (Å²) in [6, 6.07) is 1.09. The number of fused-ring (bicyclic) bond motifs is 1. The number of imidazole rings is 1. The molecule has 0 radical (unpaired) electrons. The molecule has 1 aliphatic heterocycles. The number of nitrogens with two attached hydrogens (primary N) is 1. The molecule has 3 heterocycles. The van der Waals surface area contributed by atoms with Crippen molar-refractivity contribution in [1.29, 1.82) is 0 Å². The molecule has 1 unspecified atom stereocenters. The molecule has 0 bridgehead atoms. The average Bonchev–Trinajstić information content (AvgIpc) is 3.10. The molecule has 0 aromatic carbocycles. The summed E-state index contributed by atoms with van der Waals surface area (Å²) >= 11 is 0. The molecule has 3 N–H and O–H groups in total. The molecule has 8 nitrogen and oxygen atoms in total. The summed E-state index contributed by atoms with van der Waals surface area (Å²) in [6.45, 7) is 6.57. The predicted molar refractivity (Wildman–Crippen MR) is 93.0 cm³/mol. The monoisotopic (exact) mass is 351 g/mol. The fraction of sp³-hybridized carbons (Fsp3) is 0.667. The Kier molecular flexibility index (Phi) is 4.86. The SMILES string of the molecule is CC(C)(C)C[SiH2]OC1C[C@H](n2cnc3c(N)ncnc32)O[C@@H]1CO. The summed E-state index contributed by atoms with van der Waals surface area (Å²) in [5.74, 6) is 0.348. The van der Waals surface area contributed by atoms with Crippen LogP contribution in [0.2, 0.25) is 6.04 Å². The molecule has 0 spiro atoms. The molecule has 1 fully saturated rings. The van der Waals surface area contributed by atoms with E-state index in [1.165, 1.54) is 6.33 Å². The van der Waals surface area contributed by atoms with Crippen LogP contribution < -0.4 is 5.73 Å². The number of aliphatic hydroxyl groups is 1. The van der Waals surface area contributed by atoms with E-state index in [0.717, 1.165) is 6.04 Å². The summed E-state index contributed by atoms with van der Waals surface area (Å²) in [7, 11) is -0.662. The maximum absolute atomic E-state index is 9.61. The van der Waals surface area contributed by atoms with Crippen LogP contribution in [0.3, 0.4) is 0 Å². The van der Waals surface area contributed by atoms with Gasteiger partial charge < -0.3 is 20.0 Å². The largest absolute Gasteiger partial charge is 0.418 e. The Morgan fingerprint density at radius 2 is 2.21 bits per heavy atom. The molecule has 3 atom stereocenters. The fourth-order valence-electron chi connectivity index (χ4n) is 2.81. The molecule has 0 aliphatic carbocycles. The van der Waals surface area contributed by atoms with E-state index in [1.54, 1.807) is 6.33 Å². The van der Waals surface area contributed by atoms with E-state index in [0.29, 0.717) is 23.4 Å². The smallest absolute Gasteiger partial charge is 0.167 e. The lowest BCUT2D eigenvalue weighted by molar-refractivity contribution is -0.0391. The number of hydrogen-bond acceptors (Lipinski definition) is 7. The maximum atomic E-state index is 9.61. The topological polar surface area (TPSA) is 108 Å². The van der Waals surface area contributed by atoms with Gasteiger partial charge in [0.15, 0.2) is 21.2 Å². The molecular formula is C15H25N5O3Si. The summed E-state index contributed by atoms with van der Waals surface area (Å²) in [5, 5.41) is 9.61. The first kappa shape index (κ1) is 17.3. The zero-order chi connectivity index (χ0) is 17.3. The highest BCUT2D eigenvalue weighted by Crippen LogP contribution is 2.33. The van der Waals surface area contributed by atoms with E-state index in [-0.39, 0.29) is 30.5 Å². The Hall–Kier alpha value is -1.55. The van der Waals surface area contributed by atoms with Gasteiger partial charge in [-0.2, -0.15) is 0 Å². The van der Waals surface area contributed by atoms with E-state index < -0.39 is 9.76 Å². The lowest BCUT2D eigenvalue weighted by atomic mass is 10.0. The Labute approximate surface area is 143 Å². The third kappa shape index (κ3) is 3.58. The Bertz CT molecular complexity index is 702. The third-order valence-electron chi connectivity index (χ3n) is 4.24. The maximum Gasteiger partial charge on any atom is 0.167 e. The molecule has 0 saturated carbocycles. The van der Waals surface area contributed by atoms with Crippen molar-refractivity contribution in [2.24, 2.45) is 5.41 Å².